The van der Waals surface area contributed by atoms with Crippen molar-refractivity contribution in [1.82, 2.24) is 9.36 Å². The summed E-state index contributed by atoms with van der Waals surface area (Å²) in [5.74, 6) is 0.883. The van der Waals surface area contributed by atoms with Crippen LogP contribution in [0, 0.1) is 6.92 Å². The summed E-state index contributed by atoms with van der Waals surface area (Å²) in [5, 5.41) is 6.84. The Balaban J connectivity index is 1.48. The van der Waals surface area contributed by atoms with Crippen LogP contribution in [0.5, 0.6) is 0 Å². The molecule has 0 radical (unpaired) electrons. The van der Waals surface area contributed by atoms with E-state index >= 15 is 0 Å². The molecule has 1 aromatic heterocycles. The Hall–Kier alpha value is -2.36. The number of carbonyl (C=O) groups excluding carboxylic acids is 2. The first-order valence-electron chi connectivity index (χ1n) is 8.90. The average Bonchev–Trinajstić information content (AvgIpc) is 3.14. The van der Waals surface area contributed by atoms with Crippen molar-refractivity contribution < 1.29 is 9.59 Å². The highest BCUT2D eigenvalue weighted by Gasteiger charge is 2.09. The van der Waals surface area contributed by atoms with Gasteiger partial charge in [0.25, 0.3) is 5.91 Å². The highest BCUT2D eigenvalue weighted by molar-refractivity contribution is 8.00. The molecule has 3 aromatic rings. The summed E-state index contributed by atoms with van der Waals surface area (Å²) in [6, 6.07) is 14.9. The summed E-state index contributed by atoms with van der Waals surface area (Å²) in [6.45, 7) is 3.98. The van der Waals surface area contributed by atoms with Crippen LogP contribution in [0.2, 0.25) is 0 Å². The number of amides is 2. The molecule has 0 bridgehead atoms. The lowest BCUT2D eigenvalue weighted by Crippen LogP contribution is -2.13. The van der Waals surface area contributed by atoms with Crippen LogP contribution in [0.15, 0.2) is 58.6 Å². The fourth-order valence-electron chi connectivity index (χ4n) is 2.38. The third kappa shape index (κ3) is 6.59. The maximum absolute atomic E-state index is 12.3. The van der Waals surface area contributed by atoms with Gasteiger partial charge in [0, 0.05) is 27.7 Å². The lowest BCUT2D eigenvalue weighted by molar-refractivity contribution is -0.113. The molecule has 9 heteroatoms. The Kier molecular flexibility index (Phi) is 7.68. The van der Waals surface area contributed by atoms with Gasteiger partial charge in [-0.1, -0.05) is 36.4 Å². The standard InChI is InChI=1S/C20H20N4O2S3/c1-3-27-20-23-19(29-24-20)22-17(25)12-28-16-9-7-15(8-10-16)21-18(26)14-6-4-5-13(2)11-14/h4-11H,3,12H2,1-2H3,(H,21,26)(H,22,23,24,25). The maximum atomic E-state index is 12.3. The number of nitrogens with one attached hydrogen (secondary N) is 2. The highest BCUT2D eigenvalue weighted by Crippen LogP contribution is 2.23. The molecule has 0 aliphatic rings. The minimum Gasteiger partial charge on any atom is -0.322 e. The molecule has 0 unspecified atom stereocenters. The third-order valence-electron chi connectivity index (χ3n) is 3.69. The van der Waals surface area contributed by atoms with Gasteiger partial charge in [-0.2, -0.15) is 9.36 Å². The van der Waals surface area contributed by atoms with Crippen LogP contribution in [0.4, 0.5) is 10.8 Å². The Morgan fingerprint density at radius 2 is 1.86 bits per heavy atom. The Morgan fingerprint density at radius 3 is 2.59 bits per heavy atom. The second-order valence-electron chi connectivity index (χ2n) is 6.00. The van der Waals surface area contributed by atoms with Crippen LogP contribution >= 0.6 is 35.1 Å². The zero-order valence-corrected chi connectivity index (χ0v) is 18.4. The number of aromatic nitrogens is 2. The lowest BCUT2D eigenvalue weighted by Gasteiger charge is -2.07. The number of benzene rings is 2. The number of nitrogens with zero attached hydrogens (tertiary/aromatic N) is 2. The second-order valence-corrected chi connectivity index (χ2v) is 9.03. The van der Waals surface area contributed by atoms with Gasteiger partial charge in [-0.3, -0.25) is 14.9 Å². The fourth-order valence-corrected chi connectivity index (χ4v) is 4.36. The molecule has 2 N–H and O–H groups in total. The van der Waals surface area contributed by atoms with Crippen molar-refractivity contribution in [1.29, 1.82) is 0 Å². The highest BCUT2D eigenvalue weighted by atomic mass is 32.2. The zero-order valence-electron chi connectivity index (χ0n) is 16.0. The number of hydrogen-bond acceptors (Lipinski definition) is 7. The largest absolute Gasteiger partial charge is 0.322 e. The normalized spacial score (nSPS) is 10.6. The molecule has 0 fully saturated rings. The molecule has 0 aliphatic heterocycles. The molecular weight excluding hydrogens is 424 g/mol. The predicted molar refractivity (Wildman–Crippen MR) is 121 cm³/mol. The van der Waals surface area contributed by atoms with Crippen molar-refractivity contribution in [3.8, 4) is 0 Å². The molecular formula is C20H20N4O2S3. The summed E-state index contributed by atoms with van der Waals surface area (Å²) in [7, 11) is 0. The van der Waals surface area contributed by atoms with Crippen LogP contribution in [-0.2, 0) is 4.79 Å². The topological polar surface area (TPSA) is 84.0 Å². The molecule has 2 amide bonds. The molecule has 0 aliphatic carbocycles. The van der Waals surface area contributed by atoms with E-state index in [2.05, 4.69) is 20.0 Å². The Labute approximate surface area is 182 Å². The van der Waals surface area contributed by atoms with Crippen LogP contribution in [-0.4, -0.2) is 32.7 Å². The van der Waals surface area contributed by atoms with Gasteiger partial charge in [0.15, 0.2) is 0 Å². The number of aryl methyl sites for hydroxylation is 1. The van der Waals surface area contributed by atoms with Crippen LogP contribution in [0.3, 0.4) is 0 Å². The van der Waals surface area contributed by atoms with Gasteiger partial charge in [0.1, 0.15) is 0 Å². The van der Waals surface area contributed by atoms with Gasteiger partial charge < -0.3 is 5.32 Å². The SMILES string of the molecule is CCSc1nsc(NC(=O)CSc2ccc(NC(=O)c3cccc(C)c3)cc2)n1. The smallest absolute Gasteiger partial charge is 0.255 e. The summed E-state index contributed by atoms with van der Waals surface area (Å²) >= 11 is 4.14. The number of thioether (sulfide) groups is 2. The zero-order chi connectivity index (χ0) is 20.6. The number of carbonyl (C=O) groups is 2. The van der Waals surface area contributed by atoms with Crippen molar-refractivity contribution in [2.24, 2.45) is 0 Å². The lowest BCUT2D eigenvalue weighted by atomic mass is 10.1. The van der Waals surface area contributed by atoms with Crippen molar-refractivity contribution in [2.75, 3.05) is 22.1 Å². The first kappa shape index (κ1) is 21.4. The second kappa shape index (κ2) is 10.4. The summed E-state index contributed by atoms with van der Waals surface area (Å²) < 4.78 is 4.17. The minimum atomic E-state index is -0.147. The van der Waals surface area contributed by atoms with E-state index in [4.69, 9.17) is 0 Å². The number of anilines is 2. The van der Waals surface area contributed by atoms with Crippen molar-refractivity contribution in [3.05, 3.63) is 59.7 Å². The first-order valence-corrected chi connectivity index (χ1v) is 11.6. The van der Waals surface area contributed by atoms with E-state index in [1.807, 2.05) is 56.3 Å². The molecule has 29 heavy (non-hydrogen) atoms. The summed E-state index contributed by atoms with van der Waals surface area (Å²) in [5.41, 5.74) is 2.37. The first-order chi connectivity index (χ1) is 14.0. The van der Waals surface area contributed by atoms with E-state index in [-0.39, 0.29) is 17.6 Å². The molecule has 6 nitrogen and oxygen atoms in total. The van der Waals surface area contributed by atoms with Crippen LogP contribution in [0.1, 0.15) is 22.8 Å². The van der Waals surface area contributed by atoms with Crippen molar-refractivity contribution in [2.45, 2.75) is 23.9 Å². The van der Waals surface area contributed by atoms with Crippen LogP contribution in [0.25, 0.3) is 0 Å². The van der Waals surface area contributed by atoms with Crippen LogP contribution < -0.4 is 10.6 Å². The number of rotatable bonds is 8. The van der Waals surface area contributed by atoms with Gasteiger partial charge in [0.2, 0.25) is 16.2 Å². The minimum absolute atomic E-state index is 0.129. The molecule has 2 aromatic carbocycles. The van der Waals surface area contributed by atoms with E-state index in [1.165, 1.54) is 35.1 Å². The Morgan fingerprint density at radius 1 is 1.07 bits per heavy atom. The van der Waals surface area contributed by atoms with Gasteiger partial charge in [0.05, 0.1) is 5.75 Å². The van der Waals surface area contributed by atoms with E-state index in [0.717, 1.165) is 16.2 Å². The molecule has 0 atom stereocenters. The molecule has 0 saturated heterocycles. The molecule has 150 valence electrons. The van der Waals surface area contributed by atoms with Gasteiger partial charge in [-0.05, 0) is 49.1 Å². The fraction of sp³-hybridized carbons (Fsp3) is 0.200. The van der Waals surface area contributed by atoms with E-state index in [9.17, 15) is 9.59 Å². The monoisotopic (exact) mass is 444 g/mol. The molecule has 3 rings (SSSR count). The van der Waals surface area contributed by atoms with Gasteiger partial charge in [-0.15, -0.1) is 11.8 Å². The predicted octanol–water partition coefficient (Wildman–Crippen LogP) is 4.94. The summed E-state index contributed by atoms with van der Waals surface area (Å²) in [6.07, 6.45) is 0. The van der Waals surface area contributed by atoms with Crippen molar-refractivity contribution in [3.63, 3.8) is 0 Å². The molecule has 1 heterocycles. The number of hydrogen-bond donors (Lipinski definition) is 2. The summed E-state index contributed by atoms with van der Waals surface area (Å²) in [4.78, 5) is 29.6. The Bertz CT molecular complexity index is 989. The average molecular weight is 445 g/mol. The van der Waals surface area contributed by atoms with E-state index < -0.39 is 0 Å². The van der Waals surface area contributed by atoms with Gasteiger partial charge in [-0.25, -0.2) is 0 Å². The third-order valence-corrected chi connectivity index (χ3v) is 6.18. The molecule has 0 spiro atoms. The quantitative estimate of drug-likeness (QED) is 0.479. The van der Waals surface area contributed by atoms with E-state index in [1.54, 1.807) is 6.07 Å². The van der Waals surface area contributed by atoms with Gasteiger partial charge >= 0.3 is 0 Å². The van der Waals surface area contributed by atoms with E-state index in [0.29, 0.717) is 21.5 Å². The molecule has 0 saturated carbocycles. The van der Waals surface area contributed by atoms with Crippen molar-refractivity contribution >= 4 is 57.7 Å². The maximum Gasteiger partial charge on any atom is 0.255 e.